The standard InChI is InChI=1S/C25H32N4O3/c1-17(2)32-27-24(30)28-13-10-25(11-14-28)9-8-20-16-19(4-6-22(20)31-25)21-5-7-23-26-12-15-29(23)18(21)3/h4-7,12,15-17,24,27,30H,8-11,13-14H2,1-3H3. The Bertz CT molecular complexity index is 1100. The maximum absolute atomic E-state index is 10.3. The number of nitrogens with one attached hydrogen (secondary N) is 1. The van der Waals surface area contributed by atoms with Crippen molar-refractivity contribution in [1.82, 2.24) is 19.8 Å². The van der Waals surface area contributed by atoms with Crippen LogP contribution in [0.5, 0.6) is 5.75 Å². The first-order valence-electron chi connectivity index (χ1n) is 11.5. The second-order valence-electron chi connectivity index (χ2n) is 9.29. The molecule has 0 bridgehead atoms. The van der Waals surface area contributed by atoms with Crippen molar-refractivity contribution >= 4 is 5.65 Å². The van der Waals surface area contributed by atoms with Gasteiger partial charge < -0.3 is 14.2 Å². The Hall–Kier alpha value is -2.45. The van der Waals surface area contributed by atoms with Gasteiger partial charge in [0, 0.05) is 49.6 Å². The first kappa shape index (κ1) is 21.4. The molecule has 0 amide bonds. The molecule has 1 saturated heterocycles. The molecular formula is C25H32N4O3. The predicted molar refractivity (Wildman–Crippen MR) is 123 cm³/mol. The number of hydrogen-bond acceptors (Lipinski definition) is 6. The molecule has 1 unspecified atom stereocenters. The third kappa shape index (κ3) is 4.01. The monoisotopic (exact) mass is 436 g/mol. The van der Waals surface area contributed by atoms with Crippen molar-refractivity contribution in [2.45, 2.75) is 64.5 Å². The quantitative estimate of drug-likeness (QED) is 0.470. The van der Waals surface area contributed by atoms with Gasteiger partial charge in [-0.3, -0.25) is 9.74 Å². The van der Waals surface area contributed by atoms with Crippen LogP contribution in [0.2, 0.25) is 0 Å². The number of piperidine rings is 1. The minimum absolute atomic E-state index is 0.0227. The molecule has 0 aliphatic carbocycles. The Kier molecular flexibility index (Phi) is 5.67. The first-order valence-corrected chi connectivity index (χ1v) is 11.5. The summed E-state index contributed by atoms with van der Waals surface area (Å²) in [6, 6.07) is 10.8. The molecule has 5 rings (SSSR count). The smallest absolute Gasteiger partial charge is 0.185 e. The molecule has 2 aliphatic rings. The largest absolute Gasteiger partial charge is 0.487 e. The molecule has 1 spiro atoms. The topological polar surface area (TPSA) is 71.3 Å². The third-order valence-corrected chi connectivity index (χ3v) is 6.83. The van der Waals surface area contributed by atoms with Gasteiger partial charge in [-0.2, -0.15) is 5.48 Å². The lowest BCUT2D eigenvalue weighted by atomic mass is 9.82. The van der Waals surface area contributed by atoms with Gasteiger partial charge in [0.2, 0.25) is 0 Å². The highest BCUT2D eigenvalue weighted by molar-refractivity contribution is 5.70. The van der Waals surface area contributed by atoms with Crippen molar-refractivity contribution in [3.05, 3.63) is 54.0 Å². The molecule has 1 aromatic carbocycles. The molecule has 2 aromatic heterocycles. The van der Waals surface area contributed by atoms with Crippen LogP contribution in [0.3, 0.4) is 0 Å². The fourth-order valence-electron chi connectivity index (χ4n) is 4.92. The Morgan fingerprint density at radius 2 is 1.97 bits per heavy atom. The van der Waals surface area contributed by atoms with Crippen molar-refractivity contribution < 1.29 is 14.7 Å². The fourth-order valence-corrected chi connectivity index (χ4v) is 4.92. The SMILES string of the molecule is Cc1c(-c2ccc3c(c2)CCC2(CCN(C(O)NOC(C)C)CC2)O3)ccc2nccn12. The number of nitrogens with zero attached hydrogens (tertiary/aromatic N) is 3. The molecule has 7 heteroatoms. The molecule has 1 atom stereocenters. The van der Waals surface area contributed by atoms with E-state index in [2.05, 4.69) is 52.1 Å². The minimum Gasteiger partial charge on any atom is -0.487 e. The molecule has 2 N–H and O–H groups in total. The number of hydrogen-bond donors (Lipinski definition) is 2. The van der Waals surface area contributed by atoms with Crippen LogP contribution in [0.25, 0.3) is 16.8 Å². The van der Waals surface area contributed by atoms with Gasteiger partial charge in [0.15, 0.2) is 6.35 Å². The number of aliphatic hydroxyl groups excluding tert-OH is 1. The molecule has 1 fully saturated rings. The highest BCUT2D eigenvalue weighted by Gasteiger charge is 2.40. The number of aromatic nitrogens is 2. The number of fused-ring (bicyclic) bond motifs is 2. The number of rotatable bonds is 5. The average Bonchev–Trinajstić information content (AvgIpc) is 3.28. The molecular weight excluding hydrogens is 404 g/mol. The number of pyridine rings is 1. The Morgan fingerprint density at radius 3 is 2.75 bits per heavy atom. The van der Waals surface area contributed by atoms with E-state index in [0.717, 1.165) is 50.2 Å². The lowest BCUT2D eigenvalue weighted by molar-refractivity contribution is -0.161. The molecule has 32 heavy (non-hydrogen) atoms. The van der Waals surface area contributed by atoms with E-state index < -0.39 is 6.35 Å². The van der Waals surface area contributed by atoms with Crippen LogP contribution in [-0.2, 0) is 11.3 Å². The predicted octanol–water partition coefficient (Wildman–Crippen LogP) is 3.67. The van der Waals surface area contributed by atoms with E-state index in [-0.39, 0.29) is 11.7 Å². The van der Waals surface area contributed by atoms with Gasteiger partial charge in [-0.05, 0) is 69.0 Å². The Balaban J connectivity index is 1.29. The number of benzene rings is 1. The molecule has 2 aliphatic heterocycles. The fraction of sp³-hybridized carbons (Fsp3) is 0.480. The molecule has 3 aromatic rings. The van der Waals surface area contributed by atoms with E-state index in [0.29, 0.717) is 0 Å². The molecule has 170 valence electrons. The summed E-state index contributed by atoms with van der Waals surface area (Å²) in [5, 5.41) is 10.3. The van der Waals surface area contributed by atoms with Gasteiger partial charge in [0.1, 0.15) is 17.0 Å². The lowest BCUT2D eigenvalue weighted by Gasteiger charge is -2.45. The number of aryl methyl sites for hydroxylation is 2. The maximum Gasteiger partial charge on any atom is 0.185 e. The molecule has 0 saturated carbocycles. The Labute approximate surface area is 188 Å². The molecule has 0 radical (unpaired) electrons. The van der Waals surface area contributed by atoms with Gasteiger partial charge in [0.05, 0.1) is 6.10 Å². The molecule has 4 heterocycles. The van der Waals surface area contributed by atoms with Crippen LogP contribution < -0.4 is 10.2 Å². The summed E-state index contributed by atoms with van der Waals surface area (Å²) in [5.41, 5.74) is 8.45. The highest BCUT2D eigenvalue weighted by atomic mass is 16.7. The summed E-state index contributed by atoms with van der Waals surface area (Å²) in [5.74, 6) is 0.997. The van der Waals surface area contributed by atoms with Gasteiger partial charge in [0.25, 0.3) is 0 Å². The van der Waals surface area contributed by atoms with E-state index in [1.165, 1.54) is 22.4 Å². The number of ether oxygens (including phenoxy) is 1. The van der Waals surface area contributed by atoms with Gasteiger partial charge in [-0.25, -0.2) is 4.98 Å². The highest BCUT2D eigenvalue weighted by Crippen LogP contribution is 2.41. The van der Waals surface area contributed by atoms with E-state index >= 15 is 0 Å². The van der Waals surface area contributed by atoms with Crippen molar-refractivity contribution in [2.24, 2.45) is 0 Å². The summed E-state index contributed by atoms with van der Waals surface area (Å²) < 4.78 is 8.72. The second kappa shape index (κ2) is 8.48. The van der Waals surface area contributed by atoms with Crippen molar-refractivity contribution in [3.63, 3.8) is 0 Å². The number of likely N-dealkylation sites (tertiary alicyclic amines) is 1. The van der Waals surface area contributed by atoms with Crippen molar-refractivity contribution in [1.29, 1.82) is 0 Å². The van der Waals surface area contributed by atoms with Gasteiger partial charge >= 0.3 is 0 Å². The average molecular weight is 437 g/mol. The Morgan fingerprint density at radius 1 is 1.16 bits per heavy atom. The summed E-state index contributed by atoms with van der Waals surface area (Å²) >= 11 is 0. The van der Waals surface area contributed by atoms with E-state index in [4.69, 9.17) is 9.57 Å². The van der Waals surface area contributed by atoms with E-state index in [1.807, 2.05) is 31.1 Å². The zero-order valence-electron chi connectivity index (χ0n) is 19.0. The van der Waals surface area contributed by atoms with Crippen LogP contribution in [-0.4, -0.2) is 50.5 Å². The third-order valence-electron chi connectivity index (χ3n) is 6.83. The lowest BCUT2D eigenvalue weighted by Crippen LogP contribution is -2.55. The summed E-state index contributed by atoms with van der Waals surface area (Å²) in [6.07, 6.45) is 6.88. The maximum atomic E-state index is 10.3. The van der Waals surface area contributed by atoms with Crippen LogP contribution in [0.15, 0.2) is 42.7 Å². The van der Waals surface area contributed by atoms with E-state index in [1.54, 1.807) is 0 Å². The summed E-state index contributed by atoms with van der Waals surface area (Å²) in [4.78, 5) is 11.7. The van der Waals surface area contributed by atoms with Crippen LogP contribution in [0, 0.1) is 6.92 Å². The molecule has 7 nitrogen and oxygen atoms in total. The normalized spacial score (nSPS) is 19.3. The van der Waals surface area contributed by atoms with Crippen LogP contribution in [0.4, 0.5) is 0 Å². The number of aliphatic hydroxyl groups is 1. The zero-order valence-corrected chi connectivity index (χ0v) is 19.0. The van der Waals surface area contributed by atoms with Gasteiger partial charge in [-0.1, -0.05) is 6.07 Å². The summed E-state index contributed by atoms with van der Waals surface area (Å²) in [6.45, 7) is 7.54. The number of hydroxylamine groups is 1. The number of imidazole rings is 1. The van der Waals surface area contributed by atoms with Gasteiger partial charge in [-0.15, -0.1) is 0 Å². The van der Waals surface area contributed by atoms with Crippen LogP contribution in [0.1, 0.15) is 44.4 Å². The van der Waals surface area contributed by atoms with Crippen LogP contribution >= 0.6 is 0 Å². The van der Waals surface area contributed by atoms with Crippen molar-refractivity contribution in [2.75, 3.05) is 13.1 Å². The second-order valence-corrected chi connectivity index (χ2v) is 9.29. The van der Waals surface area contributed by atoms with E-state index in [9.17, 15) is 5.11 Å². The van der Waals surface area contributed by atoms with Crippen molar-refractivity contribution in [3.8, 4) is 16.9 Å². The first-order chi connectivity index (χ1) is 15.4. The minimum atomic E-state index is -0.788. The summed E-state index contributed by atoms with van der Waals surface area (Å²) in [7, 11) is 0. The zero-order chi connectivity index (χ0) is 22.3.